The molecular formula is C16H24N2O2. The number of anilines is 1. The molecule has 2 N–H and O–H groups in total. The lowest BCUT2D eigenvalue weighted by atomic mass is 9.98. The lowest BCUT2D eigenvalue weighted by Crippen LogP contribution is -2.35. The molecule has 1 aromatic rings. The average molecular weight is 276 g/mol. The van der Waals surface area contributed by atoms with Crippen molar-refractivity contribution in [3.63, 3.8) is 0 Å². The summed E-state index contributed by atoms with van der Waals surface area (Å²) in [6.45, 7) is 7.23. The van der Waals surface area contributed by atoms with E-state index in [0.29, 0.717) is 5.92 Å². The third kappa shape index (κ3) is 4.15. The highest BCUT2D eigenvalue weighted by Gasteiger charge is 2.29. The molecular weight excluding hydrogens is 252 g/mol. The Labute approximate surface area is 120 Å². The maximum Gasteiger partial charge on any atom is 0.410 e. The Balaban J connectivity index is 1.88. The van der Waals surface area contributed by atoms with E-state index in [1.165, 1.54) is 5.56 Å². The minimum atomic E-state index is -0.428. The van der Waals surface area contributed by atoms with Crippen molar-refractivity contribution < 1.29 is 9.53 Å². The Kier molecular flexibility index (Phi) is 4.21. The molecule has 1 amide bonds. The van der Waals surface area contributed by atoms with Crippen LogP contribution in [0.25, 0.3) is 0 Å². The monoisotopic (exact) mass is 276 g/mol. The summed E-state index contributed by atoms with van der Waals surface area (Å²) in [5, 5.41) is 0. The van der Waals surface area contributed by atoms with Crippen molar-refractivity contribution in [3.8, 4) is 0 Å². The molecule has 0 saturated carbocycles. The number of ether oxygens (including phenoxy) is 1. The first-order valence-electron chi connectivity index (χ1n) is 7.16. The molecule has 110 valence electrons. The highest BCUT2D eigenvalue weighted by atomic mass is 16.6. The van der Waals surface area contributed by atoms with Gasteiger partial charge in [0.15, 0.2) is 0 Å². The van der Waals surface area contributed by atoms with Crippen LogP contribution in [0.15, 0.2) is 24.3 Å². The van der Waals surface area contributed by atoms with Gasteiger partial charge >= 0.3 is 6.09 Å². The zero-order chi connectivity index (χ0) is 14.8. The van der Waals surface area contributed by atoms with E-state index in [2.05, 4.69) is 6.07 Å². The second-order valence-electron chi connectivity index (χ2n) is 6.53. The van der Waals surface area contributed by atoms with Crippen molar-refractivity contribution in [2.45, 2.75) is 39.2 Å². The number of carbonyl (C=O) groups excluding carboxylic acids is 1. The summed E-state index contributed by atoms with van der Waals surface area (Å²) in [4.78, 5) is 13.8. The Morgan fingerprint density at radius 2 is 2.20 bits per heavy atom. The Morgan fingerprint density at radius 3 is 2.85 bits per heavy atom. The lowest BCUT2D eigenvalue weighted by molar-refractivity contribution is 0.0288. The van der Waals surface area contributed by atoms with Crippen LogP contribution in [0, 0.1) is 5.92 Å². The van der Waals surface area contributed by atoms with Gasteiger partial charge in [-0.1, -0.05) is 12.1 Å². The van der Waals surface area contributed by atoms with Gasteiger partial charge in [-0.25, -0.2) is 4.79 Å². The molecule has 1 aliphatic heterocycles. The molecule has 1 saturated heterocycles. The minimum Gasteiger partial charge on any atom is -0.444 e. The van der Waals surface area contributed by atoms with E-state index < -0.39 is 5.60 Å². The van der Waals surface area contributed by atoms with Gasteiger partial charge in [-0.3, -0.25) is 0 Å². The number of rotatable bonds is 2. The van der Waals surface area contributed by atoms with E-state index in [9.17, 15) is 4.79 Å². The quantitative estimate of drug-likeness (QED) is 0.845. The molecule has 1 aliphatic rings. The second kappa shape index (κ2) is 5.73. The average Bonchev–Trinajstić information content (AvgIpc) is 2.75. The number of benzene rings is 1. The summed E-state index contributed by atoms with van der Waals surface area (Å²) in [5.41, 5.74) is 7.40. The van der Waals surface area contributed by atoms with Gasteiger partial charge in [0.1, 0.15) is 5.60 Å². The lowest BCUT2D eigenvalue weighted by Gasteiger charge is -2.24. The SMILES string of the molecule is CC(C)(C)OC(=O)N1CCC(Cc2cccc(N)c2)C1. The van der Waals surface area contributed by atoms with Crippen LogP contribution in [0.1, 0.15) is 32.8 Å². The molecule has 0 aromatic heterocycles. The minimum absolute atomic E-state index is 0.201. The van der Waals surface area contributed by atoms with Crippen LogP contribution in [0.3, 0.4) is 0 Å². The molecule has 1 fully saturated rings. The number of hydrogen-bond acceptors (Lipinski definition) is 3. The molecule has 1 aromatic carbocycles. The summed E-state index contributed by atoms with van der Waals surface area (Å²) in [6, 6.07) is 7.97. The van der Waals surface area contributed by atoms with Gasteiger partial charge in [-0.15, -0.1) is 0 Å². The van der Waals surface area contributed by atoms with Crippen LogP contribution in [0.4, 0.5) is 10.5 Å². The number of nitrogens with two attached hydrogens (primary N) is 1. The normalized spacial score (nSPS) is 19.1. The van der Waals surface area contributed by atoms with Gasteiger partial charge in [0.25, 0.3) is 0 Å². The number of carbonyl (C=O) groups is 1. The van der Waals surface area contributed by atoms with Crippen LogP contribution >= 0.6 is 0 Å². The summed E-state index contributed by atoms with van der Waals surface area (Å²) in [5.74, 6) is 0.490. The van der Waals surface area contributed by atoms with Crippen molar-refractivity contribution >= 4 is 11.8 Å². The van der Waals surface area contributed by atoms with Gasteiger partial charge in [-0.05, 0) is 57.2 Å². The van der Waals surface area contributed by atoms with Crippen LogP contribution in [-0.4, -0.2) is 29.7 Å². The molecule has 4 heteroatoms. The number of amides is 1. The predicted octanol–water partition coefficient (Wildman–Crippen LogP) is 3.07. The van der Waals surface area contributed by atoms with E-state index in [1.54, 1.807) is 0 Å². The molecule has 1 atom stereocenters. The maximum absolute atomic E-state index is 12.0. The summed E-state index contributed by atoms with van der Waals surface area (Å²) in [6.07, 6.45) is 1.78. The van der Waals surface area contributed by atoms with E-state index >= 15 is 0 Å². The largest absolute Gasteiger partial charge is 0.444 e. The number of nitrogens with zero attached hydrogens (tertiary/aromatic N) is 1. The molecule has 4 nitrogen and oxygen atoms in total. The van der Waals surface area contributed by atoms with Gasteiger partial charge in [-0.2, -0.15) is 0 Å². The first-order valence-corrected chi connectivity index (χ1v) is 7.16. The summed E-state index contributed by atoms with van der Waals surface area (Å²) < 4.78 is 5.41. The number of nitrogen functional groups attached to an aromatic ring is 1. The number of likely N-dealkylation sites (tertiary alicyclic amines) is 1. The third-order valence-electron chi connectivity index (χ3n) is 3.41. The summed E-state index contributed by atoms with van der Waals surface area (Å²) in [7, 11) is 0. The second-order valence-corrected chi connectivity index (χ2v) is 6.53. The van der Waals surface area contributed by atoms with Crippen LogP contribution < -0.4 is 5.73 Å². The molecule has 0 radical (unpaired) electrons. The standard InChI is InChI=1S/C16H24N2O2/c1-16(2,3)20-15(19)18-8-7-13(11-18)9-12-5-4-6-14(17)10-12/h4-6,10,13H,7-9,11,17H2,1-3H3. The predicted molar refractivity (Wildman–Crippen MR) is 80.5 cm³/mol. The van der Waals surface area contributed by atoms with Gasteiger partial charge in [0.2, 0.25) is 0 Å². The van der Waals surface area contributed by atoms with E-state index in [-0.39, 0.29) is 6.09 Å². The summed E-state index contributed by atoms with van der Waals surface area (Å²) >= 11 is 0. The van der Waals surface area contributed by atoms with Crippen LogP contribution in [0.2, 0.25) is 0 Å². The first-order chi connectivity index (χ1) is 9.33. The highest BCUT2D eigenvalue weighted by Crippen LogP contribution is 2.23. The smallest absolute Gasteiger partial charge is 0.410 e. The Hall–Kier alpha value is -1.71. The van der Waals surface area contributed by atoms with E-state index in [1.807, 2.05) is 43.9 Å². The molecule has 2 rings (SSSR count). The Morgan fingerprint density at radius 1 is 1.45 bits per heavy atom. The third-order valence-corrected chi connectivity index (χ3v) is 3.41. The van der Waals surface area contributed by atoms with Crippen molar-refractivity contribution in [2.24, 2.45) is 5.92 Å². The van der Waals surface area contributed by atoms with Crippen LogP contribution in [-0.2, 0) is 11.2 Å². The molecule has 0 bridgehead atoms. The topological polar surface area (TPSA) is 55.6 Å². The molecule has 1 heterocycles. The molecule has 20 heavy (non-hydrogen) atoms. The van der Waals surface area contributed by atoms with E-state index in [4.69, 9.17) is 10.5 Å². The fraction of sp³-hybridized carbons (Fsp3) is 0.562. The molecule has 1 unspecified atom stereocenters. The zero-order valence-corrected chi connectivity index (χ0v) is 12.6. The molecule has 0 spiro atoms. The van der Waals surface area contributed by atoms with Gasteiger partial charge < -0.3 is 15.4 Å². The van der Waals surface area contributed by atoms with E-state index in [0.717, 1.165) is 31.6 Å². The van der Waals surface area contributed by atoms with Crippen molar-refractivity contribution in [2.75, 3.05) is 18.8 Å². The van der Waals surface area contributed by atoms with Gasteiger partial charge in [0.05, 0.1) is 0 Å². The fourth-order valence-electron chi connectivity index (χ4n) is 2.54. The van der Waals surface area contributed by atoms with Crippen molar-refractivity contribution in [1.29, 1.82) is 0 Å². The maximum atomic E-state index is 12.0. The first kappa shape index (κ1) is 14.7. The zero-order valence-electron chi connectivity index (χ0n) is 12.6. The fourth-order valence-corrected chi connectivity index (χ4v) is 2.54. The van der Waals surface area contributed by atoms with Crippen molar-refractivity contribution in [1.82, 2.24) is 4.90 Å². The highest BCUT2D eigenvalue weighted by molar-refractivity contribution is 5.68. The van der Waals surface area contributed by atoms with Crippen LogP contribution in [0.5, 0.6) is 0 Å². The van der Waals surface area contributed by atoms with Crippen molar-refractivity contribution in [3.05, 3.63) is 29.8 Å². The Bertz CT molecular complexity index is 480. The molecule has 0 aliphatic carbocycles. The van der Waals surface area contributed by atoms with Gasteiger partial charge in [0, 0.05) is 18.8 Å². The number of hydrogen-bond donors (Lipinski definition) is 1.